The molecule has 1 aliphatic rings. The molecule has 1 fully saturated rings. The van der Waals surface area contributed by atoms with Crippen LogP contribution in [0.1, 0.15) is 41.5 Å². The fourth-order valence-corrected chi connectivity index (χ4v) is 2.49. The molecule has 1 saturated heterocycles. The highest BCUT2D eigenvalue weighted by atomic mass is 19.4. The molecule has 0 aromatic carbocycles. The van der Waals surface area contributed by atoms with Crippen LogP contribution in [0, 0.1) is 12.8 Å². The zero-order valence-corrected chi connectivity index (χ0v) is 11.5. The second kappa shape index (κ2) is 5.42. The normalized spacial score (nSPS) is 20.1. The number of pyridine rings is 1. The van der Waals surface area contributed by atoms with Gasteiger partial charge in [-0.05, 0) is 37.8 Å². The number of likely N-dealkylation sites (tertiary alicyclic amines) is 1. The van der Waals surface area contributed by atoms with Gasteiger partial charge >= 0.3 is 6.18 Å². The third-order valence-corrected chi connectivity index (χ3v) is 3.55. The lowest BCUT2D eigenvalue weighted by Gasteiger charge is -2.31. The van der Waals surface area contributed by atoms with Crippen molar-refractivity contribution >= 4 is 5.91 Å². The summed E-state index contributed by atoms with van der Waals surface area (Å²) < 4.78 is 37.6. The number of nitrogens with zero attached hydrogens (tertiary/aromatic N) is 2. The minimum atomic E-state index is -4.48. The van der Waals surface area contributed by atoms with Gasteiger partial charge in [0.25, 0.3) is 5.91 Å². The van der Waals surface area contributed by atoms with Gasteiger partial charge in [0.2, 0.25) is 0 Å². The first-order valence-electron chi connectivity index (χ1n) is 6.63. The number of piperidine rings is 1. The molecule has 1 unspecified atom stereocenters. The number of halogens is 3. The van der Waals surface area contributed by atoms with Crippen molar-refractivity contribution in [3.05, 3.63) is 29.1 Å². The predicted octanol–water partition coefficient (Wildman–Crippen LogP) is 3.28. The van der Waals surface area contributed by atoms with E-state index in [9.17, 15) is 18.0 Å². The molecular formula is C14H17F3N2O. The highest BCUT2D eigenvalue weighted by Crippen LogP contribution is 2.28. The van der Waals surface area contributed by atoms with Crippen molar-refractivity contribution in [2.24, 2.45) is 5.92 Å². The van der Waals surface area contributed by atoms with E-state index in [1.165, 1.54) is 13.0 Å². The summed E-state index contributed by atoms with van der Waals surface area (Å²) in [4.78, 5) is 17.5. The highest BCUT2D eigenvalue weighted by molar-refractivity contribution is 5.95. The zero-order valence-electron chi connectivity index (χ0n) is 11.5. The summed E-state index contributed by atoms with van der Waals surface area (Å²) in [6, 6.07) is 2.10. The molecule has 1 atom stereocenters. The summed E-state index contributed by atoms with van der Waals surface area (Å²) in [7, 11) is 0. The van der Waals surface area contributed by atoms with Gasteiger partial charge in [0.15, 0.2) is 0 Å². The lowest BCUT2D eigenvalue weighted by molar-refractivity contribution is -0.141. The molecule has 20 heavy (non-hydrogen) atoms. The lowest BCUT2D eigenvalue weighted by atomic mass is 9.99. The molecule has 0 spiro atoms. The first kappa shape index (κ1) is 14.8. The Hall–Kier alpha value is -1.59. The molecule has 1 amide bonds. The second-order valence-electron chi connectivity index (χ2n) is 5.33. The molecule has 0 N–H and O–H groups in total. The monoisotopic (exact) mass is 286 g/mol. The lowest BCUT2D eigenvalue weighted by Crippen LogP contribution is -2.39. The number of carbonyl (C=O) groups is 1. The van der Waals surface area contributed by atoms with E-state index in [4.69, 9.17) is 0 Å². The van der Waals surface area contributed by atoms with Crippen molar-refractivity contribution in [2.45, 2.75) is 32.9 Å². The van der Waals surface area contributed by atoms with Crippen LogP contribution >= 0.6 is 0 Å². The second-order valence-corrected chi connectivity index (χ2v) is 5.33. The Kier molecular flexibility index (Phi) is 4.01. The third-order valence-electron chi connectivity index (χ3n) is 3.55. The number of rotatable bonds is 1. The largest absolute Gasteiger partial charge is 0.433 e. The molecule has 3 nitrogen and oxygen atoms in total. The van der Waals surface area contributed by atoms with Crippen molar-refractivity contribution in [2.75, 3.05) is 13.1 Å². The summed E-state index contributed by atoms with van der Waals surface area (Å²) >= 11 is 0. The summed E-state index contributed by atoms with van der Waals surface area (Å²) in [5.74, 6) is 0.200. The fraction of sp³-hybridized carbons (Fsp3) is 0.571. The Bertz CT molecular complexity index is 514. The predicted molar refractivity (Wildman–Crippen MR) is 68.3 cm³/mol. The van der Waals surface area contributed by atoms with Gasteiger partial charge in [-0.2, -0.15) is 13.2 Å². The molecule has 1 aliphatic heterocycles. The molecule has 1 aromatic heterocycles. The first-order chi connectivity index (χ1) is 9.29. The quantitative estimate of drug-likeness (QED) is 0.793. The Balaban J connectivity index is 2.22. The molecule has 0 aliphatic carbocycles. The molecule has 0 saturated carbocycles. The van der Waals surface area contributed by atoms with E-state index in [1.54, 1.807) is 4.90 Å². The number of carbonyl (C=O) groups excluding carboxylic acids is 1. The fourth-order valence-electron chi connectivity index (χ4n) is 2.49. The van der Waals surface area contributed by atoms with Crippen LogP contribution in [-0.2, 0) is 6.18 Å². The SMILES string of the molecule is Cc1nc(C(F)(F)F)ccc1C(=O)N1CCCC(C)C1. The number of aryl methyl sites for hydroxylation is 1. The van der Waals surface area contributed by atoms with Crippen LogP contribution in [0.5, 0.6) is 0 Å². The minimum Gasteiger partial charge on any atom is -0.338 e. The van der Waals surface area contributed by atoms with E-state index >= 15 is 0 Å². The van der Waals surface area contributed by atoms with Crippen LogP contribution in [0.15, 0.2) is 12.1 Å². The molecule has 1 aromatic rings. The van der Waals surface area contributed by atoms with Gasteiger partial charge in [0, 0.05) is 13.1 Å². The summed E-state index contributed by atoms with van der Waals surface area (Å²) in [6.45, 7) is 4.82. The van der Waals surface area contributed by atoms with Gasteiger partial charge in [-0.3, -0.25) is 4.79 Å². The smallest absolute Gasteiger partial charge is 0.338 e. The van der Waals surface area contributed by atoms with Crippen LogP contribution in [0.3, 0.4) is 0 Å². The summed E-state index contributed by atoms with van der Waals surface area (Å²) in [6.07, 6.45) is -2.47. The maximum Gasteiger partial charge on any atom is 0.433 e. The number of hydrogen-bond donors (Lipinski definition) is 0. The Morgan fingerprint density at radius 3 is 2.65 bits per heavy atom. The molecule has 6 heteroatoms. The van der Waals surface area contributed by atoms with Crippen molar-refractivity contribution < 1.29 is 18.0 Å². The van der Waals surface area contributed by atoms with E-state index < -0.39 is 11.9 Å². The number of aromatic nitrogens is 1. The molecule has 0 bridgehead atoms. The molecular weight excluding hydrogens is 269 g/mol. The van der Waals surface area contributed by atoms with E-state index in [2.05, 4.69) is 11.9 Å². The summed E-state index contributed by atoms with van der Waals surface area (Å²) in [5.41, 5.74) is -0.575. The Morgan fingerprint density at radius 1 is 1.40 bits per heavy atom. The van der Waals surface area contributed by atoms with Crippen LogP contribution in [-0.4, -0.2) is 28.9 Å². The standard InChI is InChI=1S/C14H17F3N2O/c1-9-4-3-7-19(8-9)13(20)11-5-6-12(14(15,16)17)18-10(11)2/h5-6,9H,3-4,7-8H2,1-2H3. The van der Waals surface area contributed by atoms with Gasteiger partial charge in [-0.15, -0.1) is 0 Å². The summed E-state index contributed by atoms with van der Waals surface area (Å²) in [5, 5.41) is 0. The minimum absolute atomic E-state index is 0.128. The van der Waals surface area contributed by atoms with Crippen LogP contribution < -0.4 is 0 Å². The van der Waals surface area contributed by atoms with Gasteiger partial charge < -0.3 is 4.90 Å². The Labute approximate surface area is 115 Å². The van der Waals surface area contributed by atoms with Crippen molar-refractivity contribution in [3.8, 4) is 0 Å². The van der Waals surface area contributed by atoms with E-state index in [-0.39, 0.29) is 17.2 Å². The number of hydrogen-bond acceptors (Lipinski definition) is 2. The van der Waals surface area contributed by atoms with Crippen LogP contribution in [0.25, 0.3) is 0 Å². The van der Waals surface area contributed by atoms with Crippen molar-refractivity contribution in [1.82, 2.24) is 9.88 Å². The molecule has 0 radical (unpaired) electrons. The Morgan fingerprint density at radius 2 is 2.10 bits per heavy atom. The van der Waals surface area contributed by atoms with Gasteiger partial charge in [0.05, 0.1) is 11.3 Å². The van der Waals surface area contributed by atoms with Crippen LogP contribution in [0.2, 0.25) is 0 Å². The van der Waals surface area contributed by atoms with E-state index in [1.807, 2.05) is 0 Å². The highest BCUT2D eigenvalue weighted by Gasteiger charge is 2.33. The average molecular weight is 286 g/mol. The topological polar surface area (TPSA) is 33.2 Å². The number of amides is 1. The third kappa shape index (κ3) is 3.11. The van der Waals surface area contributed by atoms with Crippen LogP contribution in [0.4, 0.5) is 13.2 Å². The van der Waals surface area contributed by atoms with Gasteiger partial charge in [-0.1, -0.05) is 6.92 Å². The van der Waals surface area contributed by atoms with Gasteiger partial charge in [0.1, 0.15) is 5.69 Å². The van der Waals surface area contributed by atoms with Gasteiger partial charge in [-0.25, -0.2) is 4.98 Å². The van der Waals surface area contributed by atoms with E-state index in [0.717, 1.165) is 18.9 Å². The van der Waals surface area contributed by atoms with E-state index in [0.29, 0.717) is 19.0 Å². The van der Waals surface area contributed by atoms with Crippen molar-refractivity contribution in [1.29, 1.82) is 0 Å². The molecule has 2 rings (SSSR count). The zero-order chi connectivity index (χ0) is 14.9. The molecule has 2 heterocycles. The number of alkyl halides is 3. The average Bonchev–Trinajstić information content (AvgIpc) is 2.36. The molecule has 110 valence electrons. The maximum absolute atomic E-state index is 12.5. The maximum atomic E-state index is 12.5. The van der Waals surface area contributed by atoms with Crippen molar-refractivity contribution in [3.63, 3.8) is 0 Å². The first-order valence-corrected chi connectivity index (χ1v) is 6.63.